The number of aryl methyl sites for hydroxylation is 1. The van der Waals surface area contributed by atoms with Gasteiger partial charge in [0.05, 0.1) is 0 Å². The third-order valence-electron chi connectivity index (χ3n) is 2.94. The van der Waals surface area contributed by atoms with E-state index in [0.717, 1.165) is 15.6 Å². The standard InChI is InChI=1S/C16H15BrN2O2/c1-11-9-13(17)7-8-14(11)19-16(21)15(20)18-10-12-5-3-2-4-6-12/h2-9H,10H2,1H3,(H,18,20)(H,19,21). The second kappa shape index (κ2) is 7.04. The molecule has 0 aliphatic rings. The summed E-state index contributed by atoms with van der Waals surface area (Å²) in [5, 5.41) is 5.19. The summed E-state index contributed by atoms with van der Waals surface area (Å²) in [6, 6.07) is 14.9. The van der Waals surface area contributed by atoms with Gasteiger partial charge in [0.1, 0.15) is 0 Å². The van der Waals surface area contributed by atoms with Crippen molar-refractivity contribution in [3.63, 3.8) is 0 Å². The van der Waals surface area contributed by atoms with Crippen molar-refractivity contribution in [2.24, 2.45) is 0 Å². The van der Waals surface area contributed by atoms with Crippen LogP contribution in [0.4, 0.5) is 5.69 Å². The van der Waals surface area contributed by atoms with Crippen LogP contribution in [0.3, 0.4) is 0 Å². The van der Waals surface area contributed by atoms with E-state index in [9.17, 15) is 9.59 Å². The van der Waals surface area contributed by atoms with E-state index in [1.807, 2.05) is 49.4 Å². The van der Waals surface area contributed by atoms with E-state index in [1.165, 1.54) is 0 Å². The van der Waals surface area contributed by atoms with Gasteiger partial charge in [-0.15, -0.1) is 0 Å². The molecule has 0 aliphatic heterocycles. The molecule has 0 spiro atoms. The van der Waals surface area contributed by atoms with Crippen molar-refractivity contribution in [2.75, 3.05) is 5.32 Å². The minimum absolute atomic E-state index is 0.326. The van der Waals surface area contributed by atoms with Gasteiger partial charge >= 0.3 is 11.8 Å². The zero-order valence-electron chi connectivity index (χ0n) is 11.5. The van der Waals surface area contributed by atoms with Crippen molar-refractivity contribution in [3.8, 4) is 0 Å². The molecular formula is C16H15BrN2O2. The molecule has 0 saturated carbocycles. The maximum atomic E-state index is 11.8. The molecule has 0 saturated heterocycles. The van der Waals surface area contributed by atoms with Crippen molar-refractivity contribution in [1.82, 2.24) is 5.32 Å². The monoisotopic (exact) mass is 346 g/mol. The summed E-state index contributed by atoms with van der Waals surface area (Å²) in [5.74, 6) is -1.32. The lowest BCUT2D eigenvalue weighted by molar-refractivity contribution is -0.136. The first-order chi connectivity index (χ1) is 10.1. The summed E-state index contributed by atoms with van der Waals surface area (Å²) >= 11 is 3.35. The van der Waals surface area contributed by atoms with Crippen LogP contribution in [-0.2, 0) is 16.1 Å². The van der Waals surface area contributed by atoms with Crippen LogP contribution in [0.1, 0.15) is 11.1 Å². The molecule has 2 rings (SSSR count). The highest BCUT2D eigenvalue weighted by Crippen LogP contribution is 2.19. The molecule has 0 radical (unpaired) electrons. The maximum absolute atomic E-state index is 11.8. The Hall–Kier alpha value is -2.14. The fraction of sp³-hybridized carbons (Fsp3) is 0.125. The number of hydrogen-bond donors (Lipinski definition) is 2. The van der Waals surface area contributed by atoms with Crippen molar-refractivity contribution in [1.29, 1.82) is 0 Å². The van der Waals surface area contributed by atoms with Gasteiger partial charge in [0.2, 0.25) is 0 Å². The molecule has 2 aromatic rings. The molecule has 2 aromatic carbocycles. The van der Waals surface area contributed by atoms with E-state index in [2.05, 4.69) is 26.6 Å². The van der Waals surface area contributed by atoms with Crippen molar-refractivity contribution < 1.29 is 9.59 Å². The smallest absolute Gasteiger partial charge is 0.313 e. The number of nitrogens with one attached hydrogen (secondary N) is 2. The van der Waals surface area contributed by atoms with Crippen LogP contribution < -0.4 is 10.6 Å². The number of hydrogen-bond acceptors (Lipinski definition) is 2. The third-order valence-corrected chi connectivity index (χ3v) is 3.43. The van der Waals surface area contributed by atoms with E-state index < -0.39 is 11.8 Å². The Morgan fingerprint density at radius 2 is 1.76 bits per heavy atom. The Morgan fingerprint density at radius 3 is 2.43 bits per heavy atom. The average Bonchev–Trinajstić information content (AvgIpc) is 2.48. The summed E-state index contributed by atoms with van der Waals surface area (Å²) in [5.41, 5.74) is 2.45. The van der Waals surface area contributed by atoms with E-state index in [0.29, 0.717) is 12.2 Å². The highest BCUT2D eigenvalue weighted by Gasteiger charge is 2.14. The SMILES string of the molecule is Cc1cc(Br)ccc1NC(=O)C(=O)NCc1ccccc1. The summed E-state index contributed by atoms with van der Waals surface area (Å²) in [6.07, 6.45) is 0. The quantitative estimate of drug-likeness (QED) is 0.839. The minimum Gasteiger partial charge on any atom is -0.344 e. The minimum atomic E-state index is -0.670. The molecular weight excluding hydrogens is 332 g/mol. The molecule has 5 heteroatoms. The van der Waals surface area contributed by atoms with Gasteiger partial charge in [-0.05, 0) is 36.2 Å². The van der Waals surface area contributed by atoms with Gasteiger partial charge in [-0.25, -0.2) is 0 Å². The molecule has 108 valence electrons. The number of halogens is 1. The van der Waals surface area contributed by atoms with Crippen molar-refractivity contribution in [2.45, 2.75) is 13.5 Å². The second-order valence-electron chi connectivity index (χ2n) is 4.58. The zero-order chi connectivity index (χ0) is 15.2. The number of carbonyl (C=O) groups is 2. The normalized spacial score (nSPS) is 10.0. The first-order valence-corrected chi connectivity index (χ1v) is 7.25. The zero-order valence-corrected chi connectivity index (χ0v) is 13.1. The predicted molar refractivity (Wildman–Crippen MR) is 85.8 cm³/mol. The number of rotatable bonds is 3. The lowest BCUT2D eigenvalue weighted by atomic mass is 10.2. The Balaban J connectivity index is 1.92. The first-order valence-electron chi connectivity index (χ1n) is 6.45. The maximum Gasteiger partial charge on any atom is 0.313 e. The average molecular weight is 347 g/mol. The van der Waals surface area contributed by atoms with Gasteiger partial charge in [-0.3, -0.25) is 9.59 Å². The highest BCUT2D eigenvalue weighted by atomic mass is 79.9. The fourth-order valence-electron chi connectivity index (χ4n) is 1.80. The van der Waals surface area contributed by atoms with Gasteiger partial charge in [-0.2, -0.15) is 0 Å². The molecule has 0 aliphatic carbocycles. The number of anilines is 1. The fourth-order valence-corrected chi connectivity index (χ4v) is 2.28. The Bertz CT molecular complexity index is 657. The van der Waals surface area contributed by atoms with Crippen LogP contribution >= 0.6 is 15.9 Å². The summed E-state index contributed by atoms with van der Waals surface area (Å²) in [7, 11) is 0. The van der Waals surface area contributed by atoms with E-state index in [4.69, 9.17) is 0 Å². The molecule has 0 atom stereocenters. The summed E-state index contributed by atoms with van der Waals surface area (Å²) in [6.45, 7) is 2.19. The molecule has 0 unspecified atom stereocenters. The van der Waals surface area contributed by atoms with E-state index in [1.54, 1.807) is 6.07 Å². The summed E-state index contributed by atoms with van der Waals surface area (Å²) in [4.78, 5) is 23.6. The van der Waals surface area contributed by atoms with E-state index >= 15 is 0 Å². The van der Waals surface area contributed by atoms with E-state index in [-0.39, 0.29) is 0 Å². The van der Waals surface area contributed by atoms with Gasteiger partial charge in [0.15, 0.2) is 0 Å². The van der Waals surface area contributed by atoms with Crippen molar-refractivity contribution in [3.05, 3.63) is 64.1 Å². The lowest BCUT2D eigenvalue weighted by Crippen LogP contribution is -2.35. The highest BCUT2D eigenvalue weighted by molar-refractivity contribution is 9.10. The molecule has 0 aromatic heterocycles. The van der Waals surface area contributed by atoms with Crippen LogP contribution in [0.15, 0.2) is 53.0 Å². The van der Waals surface area contributed by atoms with Crippen LogP contribution in [0.25, 0.3) is 0 Å². The molecule has 21 heavy (non-hydrogen) atoms. The summed E-state index contributed by atoms with van der Waals surface area (Å²) < 4.78 is 0.923. The van der Waals surface area contributed by atoms with Crippen LogP contribution in [0, 0.1) is 6.92 Å². The number of benzene rings is 2. The van der Waals surface area contributed by atoms with Gasteiger partial charge in [0.25, 0.3) is 0 Å². The molecule has 4 nitrogen and oxygen atoms in total. The Morgan fingerprint density at radius 1 is 1.05 bits per heavy atom. The lowest BCUT2D eigenvalue weighted by Gasteiger charge is -2.09. The van der Waals surface area contributed by atoms with Crippen LogP contribution in [0.2, 0.25) is 0 Å². The van der Waals surface area contributed by atoms with Crippen molar-refractivity contribution >= 4 is 33.4 Å². The largest absolute Gasteiger partial charge is 0.344 e. The molecule has 0 bridgehead atoms. The van der Waals surface area contributed by atoms with Gasteiger partial charge < -0.3 is 10.6 Å². The Labute approximate surface area is 131 Å². The number of amides is 2. The molecule has 2 N–H and O–H groups in total. The second-order valence-corrected chi connectivity index (χ2v) is 5.50. The molecule has 0 heterocycles. The third kappa shape index (κ3) is 4.43. The first kappa shape index (κ1) is 15.3. The Kier molecular flexibility index (Phi) is 5.11. The predicted octanol–water partition coefficient (Wildman–Crippen LogP) is 3.01. The van der Waals surface area contributed by atoms with Gasteiger partial charge in [0, 0.05) is 16.7 Å². The molecule has 0 fully saturated rings. The van der Waals surface area contributed by atoms with Gasteiger partial charge in [-0.1, -0.05) is 46.3 Å². The van der Waals surface area contributed by atoms with Crippen LogP contribution in [0.5, 0.6) is 0 Å². The van der Waals surface area contributed by atoms with Crippen LogP contribution in [-0.4, -0.2) is 11.8 Å². The number of carbonyl (C=O) groups excluding carboxylic acids is 2. The molecule has 2 amide bonds. The topological polar surface area (TPSA) is 58.2 Å².